The third-order valence-corrected chi connectivity index (χ3v) is 4.30. The minimum atomic E-state index is -0.891. The minimum absolute atomic E-state index is 0.101. The molecule has 0 spiro atoms. The van der Waals surface area contributed by atoms with E-state index in [0.29, 0.717) is 6.54 Å². The molecule has 1 saturated heterocycles. The van der Waals surface area contributed by atoms with Crippen molar-refractivity contribution in [1.29, 1.82) is 0 Å². The molecule has 1 amide bonds. The first-order chi connectivity index (χ1) is 9.44. The van der Waals surface area contributed by atoms with E-state index in [1.54, 1.807) is 11.0 Å². The summed E-state index contributed by atoms with van der Waals surface area (Å²) in [7, 11) is 1.41. The Morgan fingerprint density at radius 3 is 2.90 bits per heavy atom. The Kier molecular flexibility index (Phi) is 4.73. The van der Waals surface area contributed by atoms with Gasteiger partial charge in [0.05, 0.1) is 13.2 Å². The van der Waals surface area contributed by atoms with E-state index in [1.165, 1.54) is 7.11 Å². The summed E-state index contributed by atoms with van der Waals surface area (Å²) in [6.45, 7) is 2.70. The Balaban J connectivity index is 1.92. The second kappa shape index (κ2) is 6.16. The Hall–Kier alpha value is -1.04. The van der Waals surface area contributed by atoms with Crippen LogP contribution in [0.5, 0.6) is 0 Å². The molecule has 6 heteroatoms. The number of hydrogen-bond acceptors (Lipinski definition) is 4. The lowest BCUT2D eigenvalue weighted by molar-refractivity contribution is 0.0853. The summed E-state index contributed by atoms with van der Waals surface area (Å²) >= 11 is 6.29. The Labute approximate surface area is 124 Å². The van der Waals surface area contributed by atoms with E-state index in [-0.39, 0.29) is 24.2 Å². The maximum atomic E-state index is 11.6. The summed E-state index contributed by atoms with van der Waals surface area (Å²) in [5.74, 6) is 0. The van der Waals surface area contributed by atoms with Crippen LogP contribution in [0.15, 0.2) is 24.3 Å². The standard InChI is InChI=1S/C14H22ClN3O2/c1-10-9-11(6-8-18(10)13(19)20-2)17-12-5-3-4-7-14(12,15)16/h3-5,7,10-12,17H,6,8-9,16H2,1-2H3. The third kappa shape index (κ3) is 3.34. The highest BCUT2D eigenvalue weighted by molar-refractivity contribution is 6.25. The molecule has 112 valence electrons. The van der Waals surface area contributed by atoms with Crippen LogP contribution in [-0.4, -0.2) is 47.8 Å². The first-order valence-electron chi connectivity index (χ1n) is 6.88. The average molecular weight is 300 g/mol. The van der Waals surface area contributed by atoms with Crippen molar-refractivity contribution < 1.29 is 9.53 Å². The van der Waals surface area contributed by atoms with Crippen molar-refractivity contribution in [3.8, 4) is 0 Å². The number of likely N-dealkylation sites (tertiary alicyclic amines) is 1. The van der Waals surface area contributed by atoms with Crippen molar-refractivity contribution in [3.63, 3.8) is 0 Å². The smallest absolute Gasteiger partial charge is 0.409 e. The largest absolute Gasteiger partial charge is 0.453 e. The summed E-state index contributed by atoms with van der Waals surface area (Å²) < 4.78 is 4.78. The summed E-state index contributed by atoms with van der Waals surface area (Å²) in [5.41, 5.74) is 6.05. The van der Waals surface area contributed by atoms with Crippen molar-refractivity contribution in [3.05, 3.63) is 24.3 Å². The molecule has 1 aliphatic carbocycles. The number of piperidine rings is 1. The van der Waals surface area contributed by atoms with Gasteiger partial charge >= 0.3 is 6.09 Å². The monoisotopic (exact) mass is 299 g/mol. The molecule has 1 aliphatic heterocycles. The fraction of sp³-hybridized carbons (Fsp3) is 0.643. The minimum Gasteiger partial charge on any atom is -0.453 e. The van der Waals surface area contributed by atoms with Crippen molar-refractivity contribution in [1.82, 2.24) is 10.2 Å². The van der Waals surface area contributed by atoms with Crippen LogP contribution in [0.1, 0.15) is 19.8 Å². The number of allylic oxidation sites excluding steroid dienone is 2. The van der Waals surface area contributed by atoms with Gasteiger partial charge < -0.3 is 20.7 Å². The first kappa shape index (κ1) is 15.4. The van der Waals surface area contributed by atoms with E-state index in [4.69, 9.17) is 22.1 Å². The predicted octanol–water partition coefficient (Wildman–Crippen LogP) is 1.58. The number of methoxy groups -OCH3 is 1. The van der Waals surface area contributed by atoms with E-state index >= 15 is 0 Å². The van der Waals surface area contributed by atoms with Crippen LogP contribution < -0.4 is 11.1 Å². The zero-order chi connectivity index (χ0) is 14.8. The number of carbonyl (C=O) groups is 1. The molecule has 0 aromatic heterocycles. The van der Waals surface area contributed by atoms with Crippen LogP contribution in [0.4, 0.5) is 4.79 Å². The summed E-state index contributed by atoms with van der Waals surface area (Å²) in [5, 5.41) is 3.48. The topological polar surface area (TPSA) is 67.6 Å². The number of nitrogens with one attached hydrogen (secondary N) is 1. The zero-order valence-electron chi connectivity index (χ0n) is 11.9. The van der Waals surface area contributed by atoms with Crippen molar-refractivity contribution in [2.24, 2.45) is 5.73 Å². The fourth-order valence-corrected chi connectivity index (χ4v) is 2.99. The van der Waals surface area contributed by atoms with Crippen molar-refractivity contribution in [2.75, 3.05) is 13.7 Å². The number of carbonyl (C=O) groups excluding carboxylic acids is 1. The zero-order valence-corrected chi connectivity index (χ0v) is 12.6. The van der Waals surface area contributed by atoms with Crippen LogP contribution in [0.2, 0.25) is 0 Å². The van der Waals surface area contributed by atoms with Gasteiger partial charge in [0.25, 0.3) is 0 Å². The van der Waals surface area contributed by atoms with Gasteiger partial charge in [0.15, 0.2) is 0 Å². The molecule has 5 nitrogen and oxygen atoms in total. The van der Waals surface area contributed by atoms with Gasteiger partial charge in [-0.3, -0.25) is 0 Å². The highest BCUT2D eigenvalue weighted by Gasteiger charge is 2.35. The van der Waals surface area contributed by atoms with Crippen LogP contribution >= 0.6 is 11.6 Å². The molecule has 4 atom stereocenters. The maximum absolute atomic E-state index is 11.6. The lowest BCUT2D eigenvalue weighted by atomic mass is 9.95. The fourth-order valence-electron chi connectivity index (χ4n) is 2.78. The number of halogens is 1. The predicted molar refractivity (Wildman–Crippen MR) is 79.6 cm³/mol. The van der Waals surface area contributed by atoms with Gasteiger partial charge in [0.1, 0.15) is 5.00 Å². The van der Waals surface area contributed by atoms with Gasteiger partial charge in [-0.2, -0.15) is 0 Å². The van der Waals surface area contributed by atoms with Crippen molar-refractivity contribution >= 4 is 17.7 Å². The molecule has 0 aromatic rings. The van der Waals surface area contributed by atoms with E-state index < -0.39 is 5.00 Å². The lowest BCUT2D eigenvalue weighted by Crippen LogP contribution is -2.58. The molecule has 20 heavy (non-hydrogen) atoms. The Morgan fingerprint density at radius 1 is 1.55 bits per heavy atom. The van der Waals surface area contributed by atoms with Crippen LogP contribution in [-0.2, 0) is 4.74 Å². The Bertz CT molecular complexity index is 423. The molecule has 0 radical (unpaired) electrons. The number of amides is 1. The van der Waals surface area contributed by atoms with E-state index in [2.05, 4.69) is 5.32 Å². The number of ether oxygens (including phenoxy) is 1. The molecule has 3 N–H and O–H groups in total. The molecule has 1 fully saturated rings. The first-order valence-corrected chi connectivity index (χ1v) is 7.26. The molecule has 0 bridgehead atoms. The molecular weight excluding hydrogens is 278 g/mol. The molecule has 1 heterocycles. The summed E-state index contributed by atoms with van der Waals surface area (Å²) in [4.78, 5) is 12.5. The second-order valence-corrected chi connectivity index (χ2v) is 6.10. The van der Waals surface area contributed by atoms with Gasteiger partial charge in [-0.25, -0.2) is 4.79 Å². The lowest BCUT2D eigenvalue weighted by Gasteiger charge is -2.40. The number of nitrogens with two attached hydrogens (primary N) is 1. The quantitative estimate of drug-likeness (QED) is 0.600. The highest BCUT2D eigenvalue weighted by atomic mass is 35.5. The Morgan fingerprint density at radius 2 is 2.30 bits per heavy atom. The van der Waals surface area contributed by atoms with Crippen molar-refractivity contribution in [2.45, 2.75) is 42.9 Å². The third-order valence-electron chi connectivity index (χ3n) is 3.94. The number of hydrogen-bond donors (Lipinski definition) is 2. The second-order valence-electron chi connectivity index (χ2n) is 5.45. The van der Waals surface area contributed by atoms with Gasteiger partial charge in [0, 0.05) is 18.6 Å². The van der Waals surface area contributed by atoms with Crippen LogP contribution in [0.3, 0.4) is 0 Å². The summed E-state index contributed by atoms with van der Waals surface area (Å²) in [6, 6.07) is 0.323. The van der Waals surface area contributed by atoms with Gasteiger partial charge in [-0.15, -0.1) is 0 Å². The molecule has 0 aromatic carbocycles. The van der Waals surface area contributed by atoms with E-state index in [9.17, 15) is 4.79 Å². The molecular formula is C14H22ClN3O2. The normalized spacial score (nSPS) is 37.0. The van der Waals surface area contributed by atoms with Gasteiger partial charge in [0.2, 0.25) is 0 Å². The summed E-state index contributed by atoms with van der Waals surface area (Å²) in [6.07, 6.45) is 9.02. The highest BCUT2D eigenvalue weighted by Crippen LogP contribution is 2.24. The van der Waals surface area contributed by atoms with Crippen LogP contribution in [0.25, 0.3) is 0 Å². The number of rotatable bonds is 2. The number of alkyl halides is 1. The van der Waals surface area contributed by atoms with E-state index in [1.807, 2.05) is 25.2 Å². The molecule has 4 unspecified atom stereocenters. The SMILES string of the molecule is COC(=O)N1CCC(NC2C=CC=CC2(N)Cl)CC1C. The van der Waals surface area contributed by atoms with E-state index in [0.717, 1.165) is 12.8 Å². The van der Waals surface area contributed by atoms with Gasteiger partial charge in [-0.05, 0) is 25.8 Å². The molecule has 2 rings (SSSR count). The average Bonchev–Trinajstić information content (AvgIpc) is 2.40. The van der Waals surface area contributed by atoms with Crippen LogP contribution in [0, 0.1) is 0 Å². The molecule has 0 saturated carbocycles. The number of nitrogens with zero attached hydrogens (tertiary/aromatic N) is 1. The maximum Gasteiger partial charge on any atom is 0.409 e. The van der Waals surface area contributed by atoms with Gasteiger partial charge in [-0.1, -0.05) is 29.8 Å². The molecule has 2 aliphatic rings.